The second-order valence-electron chi connectivity index (χ2n) is 6.33. The summed E-state index contributed by atoms with van der Waals surface area (Å²) in [6.45, 7) is 0. The summed E-state index contributed by atoms with van der Waals surface area (Å²) in [6.07, 6.45) is 0. The number of hydrogen-bond acceptors (Lipinski definition) is 5. The minimum Gasteiger partial charge on any atom is -0.478 e. The largest absolute Gasteiger partial charge is 0.478 e. The van der Waals surface area contributed by atoms with E-state index in [1.165, 1.54) is 12.1 Å². The summed E-state index contributed by atoms with van der Waals surface area (Å²) in [5, 5.41) is 12.1. The molecule has 0 atom stereocenters. The van der Waals surface area contributed by atoms with E-state index in [1.54, 1.807) is 60.7 Å². The van der Waals surface area contributed by atoms with Gasteiger partial charge in [-0.3, -0.25) is 4.79 Å². The van der Waals surface area contributed by atoms with E-state index in [9.17, 15) is 24.3 Å². The van der Waals surface area contributed by atoms with E-state index >= 15 is 0 Å². The summed E-state index contributed by atoms with van der Waals surface area (Å²) in [5.41, 5.74) is 0.0705. The number of amides is 3. The lowest BCUT2D eigenvalue weighted by atomic mass is 10.0. The Morgan fingerprint density at radius 3 is 2.03 bits per heavy atom. The molecule has 156 valence electrons. The number of carbonyl (C=O) groups excluding carboxylic acids is 3. The summed E-state index contributed by atoms with van der Waals surface area (Å²) in [7, 11) is 1.12. The molecule has 0 aliphatic rings. The van der Waals surface area contributed by atoms with Crippen LogP contribution in [0.4, 0.5) is 16.2 Å². The summed E-state index contributed by atoms with van der Waals surface area (Å²) >= 11 is 0. The van der Waals surface area contributed by atoms with Crippen molar-refractivity contribution in [1.82, 2.24) is 0 Å². The lowest BCUT2D eigenvalue weighted by Crippen LogP contribution is -2.40. The third-order valence-corrected chi connectivity index (χ3v) is 4.35. The molecule has 3 amide bonds. The highest BCUT2D eigenvalue weighted by atomic mass is 16.5. The van der Waals surface area contributed by atoms with Crippen molar-refractivity contribution in [2.45, 2.75) is 0 Å². The van der Waals surface area contributed by atoms with Gasteiger partial charge in [-0.1, -0.05) is 36.4 Å². The lowest BCUT2D eigenvalue weighted by Gasteiger charge is -2.22. The molecule has 0 aromatic heterocycles. The normalized spacial score (nSPS) is 10.1. The molecule has 3 rings (SSSR count). The monoisotopic (exact) mass is 418 g/mol. The molecule has 0 aliphatic carbocycles. The van der Waals surface area contributed by atoms with Gasteiger partial charge in [0.2, 0.25) is 0 Å². The predicted octanol–water partition coefficient (Wildman–Crippen LogP) is 4.05. The van der Waals surface area contributed by atoms with Crippen LogP contribution in [0.25, 0.3) is 0 Å². The van der Waals surface area contributed by atoms with Gasteiger partial charge in [-0.25, -0.2) is 19.3 Å². The van der Waals surface area contributed by atoms with Crippen molar-refractivity contribution in [3.05, 3.63) is 95.6 Å². The van der Waals surface area contributed by atoms with Crippen molar-refractivity contribution in [3.8, 4) is 0 Å². The number of hydrogen-bond donors (Lipinski definition) is 2. The van der Waals surface area contributed by atoms with E-state index in [-0.39, 0.29) is 16.8 Å². The fraction of sp³-hybridized carbons (Fsp3) is 0.0435. The van der Waals surface area contributed by atoms with Gasteiger partial charge in [0.05, 0.1) is 23.9 Å². The maximum absolute atomic E-state index is 13.3. The van der Waals surface area contributed by atoms with Crippen LogP contribution in [0.5, 0.6) is 0 Å². The number of aromatic carboxylic acids is 1. The Bertz CT molecular complexity index is 1130. The Kier molecular flexibility index (Phi) is 6.42. The molecule has 3 aromatic carbocycles. The molecule has 0 unspecified atom stereocenters. The van der Waals surface area contributed by atoms with Crippen molar-refractivity contribution in [1.29, 1.82) is 0 Å². The highest BCUT2D eigenvalue weighted by Gasteiger charge is 2.27. The first kappa shape index (κ1) is 21.3. The number of para-hydroxylation sites is 2. The standard InChI is InChI=1S/C23H18N2O6/c1-31-22(29)18-13-12-15(14-19(18)21(27)28)20(26)25(17-10-6-3-7-11-17)23(30)24-16-8-4-2-5-9-16/h2-14H,1H3,(H,24,30)(H,27,28). The number of carboxylic acids is 1. The Morgan fingerprint density at radius 2 is 1.45 bits per heavy atom. The quantitative estimate of drug-likeness (QED) is 0.605. The van der Waals surface area contributed by atoms with Crippen LogP contribution in [0.1, 0.15) is 31.1 Å². The molecule has 3 aromatic rings. The van der Waals surface area contributed by atoms with Gasteiger partial charge in [0.15, 0.2) is 0 Å². The van der Waals surface area contributed by atoms with Crippen LogP contribution in [0.2, 0.25) is 0 Å². The van der Waals surface area contributed by atoms with E-state index < -0.39 is 29.4 Å². The van der Waals surface area contributed by atoms with Gasteiger partial charge in [-0.05, 0) is 42.5 Å². The Labute approximate surface area is 177 Å². The summed E-state index contributed by atoms with van der Waals surface area (Å²) in [6, 6.07) is 19.5. The number of anilines is 2. The van der Waals surface area contributed by atoms with Gasteiger partial charge >= 0.3 is 18.0 Å². The molecule has 0 spiro atoms. The van der Waals surface area contributed by atoms with Gasteiger partial charge < -0.3 is 15.2 Å². The van der Waals surface area contributed by atoms with Gasteiger partial charge in [0, 0.05) is 11.3 Å². The smallest absolute Gasteiger partial charge is 0.338 e. The number of carboxylic acid groups (broad SMARTS) is 1. The fourth-order valence-electron chi connectivity index (χ4n) is 2.88. The minimum atomic E-state index is -1.41. The second-order valence-corrected chi connectivity index (χ2v) is 6.33. The third kappa shape index (κ3) is 4.76. The first-order chi connectivity index (χ1) is 14.9. The lowest BCUT2D eigenvalue weighted by molar-refractivity contribution is 0.0582. The Balaban J connectivity index is 2.02. The van der Waals surface area contributed by atoms with Crippen molar-refractivity contribution in [3.63, 3.8) is 0 Å². The molecule has 2 N–H and O–H groups in total. The molecule has 0 saturated carbocycles. The molecule has 8 heteroatoms. The molecule has 0 saturated heterocycles. The number of benzene rings is 3. The number of methoxy groups -OCH3 is 1. The van der Waals surface area contributed by atoms with Gasteiger partial charge in [0.1, 0.15) is 0 Å². The first-order valence-corrected chi connectivity index (χ1v) is 9.13. The van der Waals surface area contributed by atoms with E-state index in [2.05, 4.69) is 10.1 Å². The maximum Gasteiger partial charge on any atom is 0.338 e. The van der Waals surface area contributed by atoms with Crippen LogP contribution in [0.15, 0.2) is 78.9 Å². The van der Waals surface area contributed by atoms with Crippen LogP contribution in [-0.4, -0.2) is 36.1 Å². The topological polar surface area (TPSA) is 113 Å². The molecule has 0 heterocycles. The molecule has 0 aliphatic heterocycles. The first-order valence-electron chi connectivity index (χ1n) is 9.13. The van der Waals surface area contributed by atoms with Crippen molar-refractivity contribution < 1.29 is 29.0 Å². The second kappa shape index (κ2) is 9.36. The van der Waals surface area contributed by atoms with Gasteiger partial charge in [-0.15, -0.1) is 0 Å². The van der Waals surface area contributed by atoms with Crippen LogP contribution in [0, 0.1) is 0 Å². The molecule has 8 nitrogen and oxygen atoms in total. The Hall–Kier alpha value is -4.46. The number of nitrogens with zero attached hydrogens (tertiary/aromatic N) is 1. The Morgan fingerprint density at radius 1 is 0.839 bits per heavy atom. The van der Waals surface area contributed by atoms with E-state index in [1.807, 2.05) is 0 Å². The molecule has 0 bridgehead atoms. The van der Waals surface area contributed by atoms with Crippen molar-refractivity contribution in [2.75, 3.05) is 17.3 Å². The molecular weight excluding hydrogens is 400 g/mol. The van der Waals surface area contributed by atoms with Crippen LogP contribution in [0.3, 0.4) is 0 Å². The number of imide groups is 1. The molecular formula is C23H18N2O6. The number of nitrogens with one attached hydrogen (secondary N) is 1. The number of carbonyl (C=O) groups is 4. The van der Waals surface area contributed by atoms with Crippen molar-refractivity contribution >= 4 is 35.3 Å². The summed E-state index contributed by atoms with van der Waals surface area (Å²) in [4.78, 5) is 50.6. The molecule has 31 heavy (non-hydrogen) atoms. The van der Waals surface area contributed by atoms with Crippen LogP contribution in [-0.2, 0) is 4.74 Å². The fourth-order valence-corrected chi connectivity index (χ4v) is 2.88. The molecule has 0 radical (unpaired) electrons. The van der Waals surface area contributed by atoms with Crippen molar-refractivity contribution in [2.24, 2.45) is 0 Å². The SMILES string of the molecule is COC(=O)c1ccc(C(=O)N(C(=O)Nc2ccccc2)c2ccccc2)cc1C(=O)O. The van der Waals surface area contributed by atoms with Crippen LogP contribution >= 0.6 is 0 Å². The third-order valence-electron chi connectivity index (χ3n) is 4.35. The van der Waals surface area contributed by atoms with Crippen LogP contribution < -0.4 is 10.2 Å². The predicted molar refractivity (Wildman–Crippen MR) is 113 cm³/mol. The van der Waals surface area contributed by atoms with E-state index in [4.69, 9.17) is 0 Å². The zero-order valence-electron chi connectivity index (χ0n) is 16.4. The average Bonchev–Trinajstić information content (AvgIpc) is 2.79. The zero-order chi connectivity index (χ0) is 22.4. The summed E-state index contributed by atoms with van der Waals surface area (Å²) < 4.78 is 4.59. The molecule has 0 fully saturated rings. The number of urea groups is 1. The average molecular weight is 418 g/mol. The number of ether oxygens (including phenoxy) is 1. The highest BCUT2D eigenvalue weighted by molar-refractivity contribution is 6.24. The van der Waals surface area contributed by atoms with Gasteiger partial charge in [-0.2, -0.15) is 0 Å². The zero-order valence-corrected chi connectivity index (χ0v) is 16.4. The van der Waals surface area contributed by atoms with E-state index in [0.29, 0.717) is 5.69 Å². The number of esters is 1. The van der Waals surface area contributed by atoms with Gasteiger partial charge in [0.25, 0.3) is 5.91 Å². The minimum absolute atomic E-state index is 0.0860. The number of rotatable bonds is 5. The van der Waals surface area contributed by atoms with E-state index in [0.717, 1.165) is 18.1 Å². The summed E-state index contributed by atoms with van der Waals surface area (Å²) in [5.74, 6) is -3.02. The maximum atomic E-state index is 13.3. The highest BCUT2D eigenvalue weighted by Crippen LogP contribution is 2.21.